The monoisotopic (exact) mass is 274 g/mol. The fraction of sp³-hybridized carbons (Fsp3) is 0.333. The van der Waals surface area contributed by atoms with Crippen LogP contribution >= 0.6 is 0 Å². The van der Waals surface area contributed by atoms with Gasteiger partial charge in [0.2, 0.25) is 0 Å². The fourth-order valence-corrected chi connectivity index (χ4v) is 4.15. The topological polar surface area (TPSA) is 0 Å². The summed E-state index contributed by atoms with van der Waals surface area (Å²) in [5.41, 5.74) is 11.0. The van der Waals surface area contributed by atoms with E-state index in [9.17, 15) is 0 Å². The molecule has 0 unspecified atom stereocenters. The van der Waals surface area contributed by atoms with Crippen LogP contribution in [0.4, 0.5) is 0 Å². The van der Waals surface area contributed by atoms with Crippen LogP contribution in [0.2, 0.25) is 0 Å². The highest BCUT2D eigenvalue weighted by Crippen LogP contribution is 2.43. The highest BCUT2D eigenvalue weighted by atomic mass is 14.4. The van der Waals surface area contributed by atoms with Gasteiger partial charge in [-0.15, -0.1) is 0 Å². The van der Waals surface area contributed by atoms with Gasteiger partial charge in [-0.2, -0.15) is 0 Å². The number of fused-ring (bicyclic) bond motifs is 2. The van der Waals surface area contributed by atoms with E-state index in [-0.39, 0.29) is 0 Å². The molecule has 0 saturated heterocycles. The predicted molar refractivity (Wildman–Crippen MR) is 89.5 cm³/mol. The molecule has 0 bridgehead atoms. The van der Waals surface area contributed by atoms with Crippen LogP contribution in [0.5, 0.6) is 0 Å². The third-order valence-electron chi connectivity index (χ3n) is 4.98. The van der Waals surface area contributed by atoms with Crippen molar-refractivity contribution in [2.45, 2.75) is 40.0 Å². The fourth-order valence-electron chi connectivity index (χ4n) is 4.15. The van der Waals surface area contributed by atoms with Crippen molar-refractivity contribution < 1.29 is 0 Å². The molecule has 21 heavy (non-hydrogen) atoms. The average Bonchev–Trinajstić information content (AvgIpc) is 2.90. The number of allylic oxidation sites excluding steroid dienone is 1. The molecule has 0 heterocycles. The third kappa shape index (κ3) is 2.05. The first-order valence-corrected chi connectivity index (χ1v) is 7.94. The van der Waals surface area contributed by atoms with E-state index in [1.165, 1.54) is 40.7 Å². The largest absolute Gasteiger partial charge is 0.0622 e. The minimum Gasteiger partial charge on any atom is -0.0622 e. The summed E-state index contributed by atoms with van der Waals surface area (Å²) in [5, 5.41) is 0. The number of hydrogen-bond donors (Lipinski definition) is 0. The molecule has 0 fully saturated rings. The van der Waals surface area contributed by atoms with E-state index in [4.69, 9.17) is 0 Å². The van der Waals surface area contributed by atoms with Gasteiger partial charge in [0.05, 0.1) is 0 Å². The summed E-state index contributed by atoms with van der Waals surface area (Å²) >= 11 is 0. The Hall–Kier alpha value is -1.82. The lowest BCUT2D eigenvalue weighted by Gasteiger charge is -2.14. The zero-order chi connectivity index (χ0) is 14.6. The van der Waals surface area contributed by atoms with Gasteiger partial charge < -0.3 is 0 Å². The normalized spacial score (nSPS) is 18.8. The summed E-state index contributed by atoms with van der Waals surface area (Å²) in [5.74, 6) is 0. The smallest absolute Gasteiger partial charge is 0.00542 e. The van der Waals surface area contributed by atoms with Crippen LogP contribution in [0.1, 0.15) is 48.6 Å². The quantitative estimate of drug-likeness (QED) is 0.671. The van der Waals surface area contributed by atoms with Crippen molar-refractivity contribution in [1.29, 1.82) is 0 Å². The molecule has 0 saturated carbocycles. The molecule has 2 aromatic carbocycles. The molecule has 0 heteroatoms. The molecule has 0 aromatic heterocycles. The molecular formula is C21H22. The molecule has 0 atom stereocenters. The van der Waals surface area contributed by atoms with Crippen LogP contribution in [0.25, 0.3) is 5.57 Å². The van der Waals surface area contributed by atoms with Crippen LogP contribution in [0.3, 0.4) is 0 Å². The standard InChI is InChI=1S/C21H22/c1-14-9-16-10-17-12-21(2,3)13-18(17)11-19(16)20(14)15-7-5-4-6-8-15/h4-8,10-11H,9,12-13H2,1-3H3. The lowest BCUT2D eigenvalue weighted by Crippen LogP contribution is -2.09. The van der Waals surface area contributed by atoms with Crippen LogP contribution < -0.4 is 0 Å². The molecule has 0 radical (unpaired) electrons. The van der Waals surface area contributed by atoms with Crippen LogP contribution in [0, 0.1) is 5.41 Å². The lowest BCUT2D eigenvalue weighted by molar-refractivity contribution is 0.392. The first kappa shape index (κ1) is 12.9. The number of rotatable bonds is 1. The van der Waals surface area contributed by atoms with E-state index < -0.39 is 0 Å². The molecule has 2 aromatic rings. The maximum Gasteiger partial charge on any atom is -0.00542 e. The molecule has 0 nitrogen and oxygen atoms in total. The second-order valence-corrected chi connectivity index (χ2v) is 7.49. The molecular weight excluding hydrogens is 252 g/mol. The first-order valence-electron chi connectivity index (χ1n) is 7.94. The summed E-state index contributed by atoms with van der Waals surface area (Å²) in [7, 11) is 0. The van der Waals surface area contributed by atoms with Crippen LogP contribution in [-0.4, -0.2) is 0 Å². The lowest BCUT2D eigenvalue weighted by atomic mass is 9.90. The molecule has 106 valence electrons. The van der Waals surface area contributed by atoms with E-state index in [1.807, 2.05) is 0 Å². The van der Waals surface area contributed by atoms with Crippen molar-refractivity contribution in [3.8, 4) is 0 Å². The molecule has 0 spiro atoms. The Morgan fingerprint density at radius 2 is 1.52 bits per heavy atom. The summed E-state index contributed by atoms with van der Waals surface area (Å²) in [6.45, 7) is 7.06. The molecule has 4 rings (SSSR count). The second kappa shape index (κ2) is 4.34. The predicted octanol–water partition coefficient (Wildman–Crippen LogP) is 5.19. The minimum atomic E-state index is 0.434. The van der Waals surface area contributed by atoms with E-state index in [0.29, 0.717) is 5.41 Å². The van der Waals surface area contributed by atoms with E-state index in [2.05, 4.69) is 63.2 Å². The highest BCUT2D eigenvalue weighted by Gasteiger charge is 2.31. The SMILES string of the molecule is CC1=C(c2ccccc2)c2cc3c(cc2C1)CC(C)(C)C3. The zero-order valence-corrected chi connectivity index (χ0v) is 13.2. The van der Waals surface area contributed by atoms with E-state index in [0.717, 1.165) is 6.42 Å². The Bertz CT molecular complexity index is 745. The van der Waals surface area contributed by atoms with Gasteiger partial charge in [0, 0.05) is 0 Å². The number of benzene rings is 2. The van der Waals surface area contributed by atoms with Crippen LogP contribution in [-0.2, 0) is 19.3 Å². The van der Waals surface area contributed by atoms with Gasteiger partial charge in [0.1, 0.15) is 0 Å². The van der Waals surface area contributed by atoms with Gasteiger partial charge in [-0.25, -0.2) is 0 Å². The summed E-state index contributed by atoms with van der Waals surface area (Å²) in [6, 6.07) is 15.8. The van der Waals surface area contributed by atoms with Gasteiger partial charge in [-0.3, -0.25) is 0 Å². The molecule has 0 N–H and O–H groups in total. The summed E-state index contributed by atoms with van der Waals surface area (Å²) in [6.07, 6.45) is 3.57. The average molecular weight is 274 g/mol. The minimum absolute atomic E-state index is 0.434. The Kier molecular flexibility index (Phi) is 2.66. The van der Waals surface area contributed by atoms with Crippen molar-refractivity contribution in [3.63, 3.8) is 0 Å². The van der Waals surface area contributed by atoms with Crippen molar-refractivity contribution in [2.24, 2.45) is 5.41 Å². The van der Waals surface area contributed by atoms with Crippen molar-refractivity contribution >= 4 is 5.57 Å². The van der Waals surface area contributed by atoms with Gasteiger partial charge in [0.25, 0.3) is 0 Å². The highest BCUT2D eigenvalue weighted by molar-refractivity contribution is 5.87. The van der Waals surface area contributed by atoms with Crippen molar-refractivity contribution in [3.05, 3.63) is 75.9 Å². The van der Waals surface area contributed by atoms with Gasteiger partial charge in [-0.05, 0) is 65.0 Å². The molecule has 0 aliphatic heterocycles. The third-order valence-corrected chi connectivity index (χ3v) is 4.98. The number of hydrogen-bond acceptors (Lipinski definition) is 0. The van der Waals surface area contributed by atoms with E-state index in [1.54, 1.807) is 11.1 Å². The second-order valence-electron chi connectivity index (χ2n) is 7.49. The maximum atomic E-state index is 2.48. The van der Waals surface area contributed by atoms with Gasteiger partial charge >= 0.3 is 0 Å². The molecule has 2 aliphatic carbocycles. The van der Waals surface area contributed by atoms with Gasteiger partial charge in [-0.1, -0.05) is 61.9 Å². The Balaban J connectivity index is 1.85. The Morgan fingerprint density at radius 1 is 0.857 bits per heavy atom. The maximum absolute atomic E-state index is 2.48. The van der Waals surface area contributed by atoms with Crippen molar-refractivity contribution in [2.75, 3.05) is 0 Å². The first-order chi connectivity index (χ1) is 10.0. The van der Waals surface area contributed by atoms with E-state index >= 15 is 0 Å². The van der Waals surface area contributed by atoms with Crippen molar-refractivity contribution in [1.82, 2.24) is 0 Å². The summed E-state index contributed by atoms with van der Waals surface area (Å²) in [4.78, 5) is 0. The molecule has 2 aliphatic rings. The summed E-state index contributed by atoms with van der Waals surface area (Å²) < 4.78 is 0. The Labute approximate surface area is 127 Å². The van der Waals surface area contributed by atoms with Crippen LogP contribution in [0.15, 0.2) is 48.0 Å². The zero-order valence-electron chi connectivity index (χ0n) is 13.2. The van der Waals surface area contributed by atoms with Gasteiger partial charge in [0.15, 0.2) is 0 Å². The molecule has 0 amide bonds. The Morgan fingerprint density at radius 3 is 2.24 bits per heavy atom.